The molecule has 3 amide bonds. The van der Waals surface area contributed by atoms with Crippen molar-refractivity contribution in [3.63, 3.8) is 0 Å². The molecule has 1 N–H and O–H groups in total. The van der Waals surface area contributed by atoms with Crippen molar-refractivity contribution in [2.45, 2.75) is 6.92 Å². The number of aryl methyl sites for hydroxylation is 1. The lowest BCUT2D eigenvalue weighted by Gasteiger charge is -2.13. The van der Waals surface area contributed by atoms with Crippen LogP contribution in [0.2, 0.25) is 5.02 Å². The Kier molecular flexibility index (Phi) is 6.09. The Balaban J connectivity index is 1.69. The van der Waals surface area contributed by atoms with E-state index in [0.29, 0.717) is 11.5 Å². The van der Waals surface area contributed by atoms with E-state index in [1.807, 2.05) is 0 Å². The minimum atomic E-state index is -0.657. The van der Waals surface area contributed by atoms with Gasteiger partial charge in [0.1, 0.15) is 18.1 Å². The van der Waals surface area contributed by atoms with E-state index in [0.717, 1.165) is 16.7 Å². The SMILES string of the molecule is COC(=O)c1cc(NC(=O)CN2C(=O)S/C(=C/c3ccc(C)o3)C2=O)ccc1Cl. The molecule has 0 unspecified atom stereocenters. The third kappa shape index (κ3) is 4.69. The molecule has 8 nitrogen and oxygen atoms in total. The normalized spacial score (nSPS) is 15.1. The monoisotopic (exact) mass is 434 g/mol. The lowest BCUT2D eigenvalue weighted by Crippen LogP contribution is -2.36. The van der Waals surface area contributed by atoms with E-state index in [9.17, 15) is 19.2 Å². The average Bonchev–Trinajstić information content (AvgIpc) is 3.20. The molecule has 2 aromatic rings. The third-order valence-corrected chi connectivity index (χ3v) is 5.10. The minimum Gasteiger partial charge on any atom is -0.465 e. The molecule has 2 heterocycles. The van der Waals surface area contributed by atoms with Crippen molar-refractivity contribution in [1.82, 2.24) is 4.90 Å². The summed E-state index contributed by atoms with van der Waals surface area (Å²) in [6, 6.07) is 7.67. The first-order valence-corrected chi connectivity index (χ1v) is 9.47. The third-order valence-electron chi connectivity index (χ3n) is 3.87. The van der Waals surface area contributed by atoms with E-state index in [1.54, 1.807) is 19.1 Å². The second kappa shape index (κ2) is 8.54. The average molecular weight is 435 g/mol. The first-order chi connectivity index (χ1) is 13.8. The van der Waals surface area contributed by atoms with Crippen LogP contribution in [0.5, 0.6) is 0 Å². The summed E-state index contributed by atoms with van der Waals surface area (Å²) in [5.41, 5.74) is 0.350. The molecule has 0 atom stereocenters. The van der Waals surface area contributed by atoms with E-state index in [-0.39, 0.29) is 21.2 Å². The number of carbonyl (C=O) groups excluding carboxylic acids is 4. The number of amides is 3. The quantitative estimate of drug-likeness (QED) is 0.564. The molecule has 1 aliphatic heterocycles. The molecule has 1 fully saturated rings. The van der Waals surface area contributed by atoms with Gasteiger partial charge in [0.2, 0.25) is 5.91 Å². The van der Waals surface area contributed by atoms with Crippen LogP contribution >= 0.6 is 23.4 Å². The molecule has 29 heavy (non-hydrogen) atoms. The van der Waals surface area contributed by atoms with Gasteiger partial charge in [0.05, 0.1) is 22.6 Å². The van der Waals surface area contributed by atoms with Crippen LogP contribution in [0.25, 0.3) is 6.08 Å². The summed E-state index contributed by atoms with van der Waals surface area (Å²) in [6.45, 7) is 1.28. The lowest BCUT2D eigenvalue weighted by molar-refractivity contribution is -0.127. The van der Waals surface area contributed by atoms with Crippen LogP contribution in [-0.4, -0.2) is 41.6 Å². The maximum absolute atomic E-state index is 12.5. The Morgan fingerprint density at radius 1 is 1.28 bits per heavy atom. The number of ether oxygens (including phenoxy) is 1. The molecule has 0 aliphatic carbocycles. The van der Waals surface area contributed by atoms with Crippen molar-refractivity contribution in [3.8, 4) is 0 Å². The van der Waals surface area contributed by atoms with Crippen molar-refractivity contribution < 1.29 is 28.3 Å². The number of nitrogens with one attached hydrogen (secondary N) is 1. The molecule has 1 aromatic carbocycles. The minimum absolute atomic E-state index is 0.0785. The van der Waals surface area contributed by atoms with Gasteiger partial charge in [0.15, 0.2) is 0 Å². The van der Waals surface area contributed by atoms with Gasteiger partial charge in [-0.05, 0) is 49.0 Å². The van der Waals surface area contributed by atoms with E-state index < -0.39 is 29.6 Å². The largest absolute Gasteiger partial charge is 0.465 e. The number of furan rings is 1. The molecule has 0 bridgehead atoms. The van der Waals surface area contributed by atoms with Crippen LogP contribution in [0.3, 0.4) is 0 Å². The Morgan fingerprint density at radius 2 is 2.03 bits per heavy atom. The number of thioether (sulfide) groups is 1. The molecular weight excluding hydrogens is 420 g/mol. The molecule has 1 saturated heterocycles. The van der Waals surface area contributed by atoms with Gasteiger partial charge in [-0.1, -0.05) is 11.6 Å². The van der Waals surface area contributed by atoms with Crippen LogP contribution in [0, 0.1) is 6.92 Å². The topological polar surface area (TPSA) is 106 Å². The van der Waals surface area contributed by atoms with Gasteiger partial charge in [-0.2, -0.15) is 0 Å². The zero-order valence-corrected chi connectivity index (χ0v) is 16.9. The maximum atomic E-state index is 12.5. The molecule has 3 rings (SSSR count). The Bertz CT molecular complexity index is 1050. The number of nitrogens with zero attached hydrogens (tertiary/aromatic N) is 1. The van der Waals surface area contributed by atoms with Crippen molar-refractivity contribution in [2.24, 2.45) is 0 Å². The number of benzene rings is 1. The molecule has 10 heteroatoms. The number of carbonyl (C=O) groups is 4. The summed E-state index contributed by atoms with van der Waals surface area (Å²) in [7, 11) is 1.21. The fourth-order valence-electron chi connectivity index (χ4n) is 2.51. The molecule has 0 spiro atoms. The van der Waals surface area contributed by atoms with E-state index in [4.69, 9.17) is 16.0 Å². The molecule has 1 aliphatic rings. The highest BCUT2D eigenvalue weighted by Gasteiger charge is 2.36. The van der Waals surface area contributed by atoms with Gasteiger partial charge in [-0.25, -0.2) is 4.79 Å². The zero-order chi connectivity index (χ0) is 21.1. The fourth-order valence-corrected chi connectivity index (χ4v) is 3.52. The highest BCUT2D eigenvalue weighted by atomic mass is 35.5. The smallest absolute Gasteiger partial charge is 0.339 e. The predicted octanol–water partition coefficient (Wildman–Crippen LogP) is 3.70. The zero-order valence-electron chi connectivity index (χ0n) is 15.4. The lowest BCUT2D eigenvalue weighted by atomic mass is 10.2. The van der Waals surface area contributed by atoms with E-state index in [2.05, 4.69) is 10.1 Å². The van der Waals surface area contributed by atoms with E-state index >= 15 is 0 Å². The number of anilines is 1. The number of halogens is 1. The highest BCUT2D eigenvalue weighted by Crippen LogP contribution is 2.32. The molecule has 0 saturated carbocycles. The number of hydrogen-bond donors (Lipinski definition) is 1. The Morgan fingerprint density at radius 3 is 2.69 bits per heavy atom. The van der Waals surface area contributed by atoms with Gasteiger partial charge in [-0.3, -0.25) is 19.3 Å². The van der Waals surface area contributed by atoms with Crippen molar-refractivity contribution >= 4 is 58.1 Å². The predicted molar refractivity (Wildman–Crippen MR) is 108 cm³/mol. The van der Waals surface area contributed by atoms with Gasteiger partial charge in [-0.15, -0.1) is 0 Å². The summed E-state index contributed by atoms with van der Waals surface area (Å²) in [5, 5.41) is 2.13. The van der Waals surface area contributed by atoms with Gasteiger partial charge in [0.25, 0.3) is 11.1 Å². The van der Waals surface area contributed by atoms with E-state index in [1.165, 1.54) is 31.4 Å². The number of esters is 1. The maximum Gasteiger partial charge on any atom is 0.339 e. The summed E-state index contributed by atoms with van der Waals surface area (Å²) in [4.78, 5) is 49.6. The number of hydrogen-bond acceptors (Lipinski definition) is 7. The van der Waals surface area contributed by atoms with Crippen LogP contribution < -0.4 is 5.32 Å². The van der Waals surface area contributed by atoms with Crippen LogP contribution in [0.4, 0.5) is 10.5 Å². The van der Waals surface area contributed by atoms with Crippen molar-refractivity contribution in [1.29, 1.82) is 0 Å². The van der Waals surface area contributed by atoms with Crippen LogP contribution in [0.1, 0.15) is 21.9 Å². The first kappa shape index (κ1) is 20.7. The summed E-state index contributed by atoms with van der Waals surface area (Å²) in [6.07, 6.45) is 1.46. The second-order valence-corrected chi connectivity index (χ2v) is 7.35. The van der Waals surface area contributed by atoms with Crippen LogP contribution in [-0.2, 0) is 14.3 Å². The second-order valence-electron chi connectivity index (χ2n) is 5.95. The summed E-state index contributed by atoms with van der Waals surface area (Å²) in [5.74, 6) is -0.746. The molecule has 1 aromatic heterocycles. The van der Waals surface area contributed by atoms with Crippen LogP contribution in [0.15, 0.2) is 39.7 Å². The fraction of sp³-hybridized carbons (Fsp3) is 0.158. The van der Waals surface area contributed by atoms with Gasteiger partial charge < -0.3 is 14.5 Å². The van der Waals surface area contributed by atoms with Gasteiger partial charge in [0, 0.05) is 11.8 Å². The van der Waals surface area contributed by atoms with Crippen molar-refractivity contribution in [3.05, 3.63) is 57.3 Å². The van der Waals surface area contributed by atoms with Gasteiger partial charge >= 0.3 is 5.97 Å². The van der Waals surface area contributed by atoms with Crippen molar-refractivity contribution in [2.75, 3.05) is 19.0 Å². The number of rotatable bonds is 5. The molecule has 0 radical (unpaired) electrons. The summed E-state index contributed by atoms with van der Waals surface area (Å²) >= 11 is 6.66. The molecule has 150 valence electrons. The molecular formula is C19H15ClN2O6S. The Labute approximate surface area is 174 Å². The number of imide groups is 1. The highest BCUT2D eigenvalue weighted by molar-refractivity contribution is 8.18. The standard InChI is InChI=1S/C19H15ClN2O6S/c1-10-3-5-12(28-10)8-15-17(24)22(19(26)29-15)9-16(23)21-11-4-6-14(20)13(7-11)18(25)27-2/h3-8H,9H2,1-2H3,(H,21,23)/b15-8+. The number of methoxy groups -OCH3 is 1. The Hall–Kier alpha value is -3.04. The first-order valence-electron chi connectivity index (χ1n) is 8.28. The summed E-state index contributed by atoms with van der Waals surface area (Å²) < 4.78 is 10.00.